The van der Waals surface area contributed by atoms with Crippen molar-refractivity contribution in [2.24, 2.45) is 0 Å². The van der Waals surface area contributed by atoms with Crippen molar-refractivity contribution in [3.8, 4) is 0 Å². The Morgan fingerprint density at radius 1 is 1.15 bits per heavy atom. The van der Waals surface area contributed by atoms with Crippen LogP contribution in [0.3, 0.4) is 0 Å². The fourth-order valence-electron chi connectivity index (χ4n) is 3.33. The SMILES string of the molecule is CN(Cc1cccc(F)c1)C(=O)c1cccc(S(=O)(=O)NC2CCCC2)c1. The molecule has 0 atom stereocenters. The van der Waals surface area contributed by atoms with Gasteiger partial charge in [0.25, 0.3) is 5.91 Å². The summed E-state index contributed by atoms with van der Waals surface area (Å²) in [6, 6.07) is 12.0. The molecule has 1 saturated carbocycles. The molecule has 2 aromatic rings. The zero-order valence-corrected chi connectivity index (χ0v) is 16.0. The van der Waals surface area contributed by atoms with Crippen LogP contribution in [0.1, 0.15) is 41.6 Å². The molecule has 0 spiro atoms. The van der Waals surface area contributed by atoms with Gasteiger partial charge in [0.2, 0.25) is 10.0 Å². The van der Waals surface area contributed by atoms with E-state index in [0.29, 0.717) is 5.56 Å². The fraction of sp³-hybridized carbons (Fsp3) is 0.350. The first-order chi connectivity index (χ1) is 12.8. The van der Waals surface area contributed by atoms with E-state index in [9.17, 15) is 17.6 Å². The van der Waals surface area contributed by atoms with Gasteiger partial charge in [-0.3, -0.25) is 4.79 Å². The fourth-order valence-corrected chi connectivity index (χ4v) is 4.68. The molecule has 1 aliphatic rings. The molecule has 0 bridgehead atoms. The van der Waals surface area contributed by atoms with E-state index in [1.165, 1.54) is 29.2 Å². The summed E-state index contributed by atoms with van der Waals surface area (Å²) in [6.07, 6.45) is 3.73. The highest BCUT2D eigenvalue weighted by Crippen LogP contribution is 2.21. The number of nitrogens with zero attached hydrogens (tertiary/aromatic N) is 1. The molecule has 3 rings (SSSR count). The van der Waals surface area contributed by atoms with E-state index in [1.54, 1.807) is 31.3 Å². The monoisotopic (exact) mass is 390 g/mol. The summed E-state index contributed by atoms with van der Waals surface area (Å²) in [4.78, 5) is 14.2. The van der Waals surface area contributed by atoms with Gasteiger partial charge < -0.3 is 4.90 Å². The van der Waals surface area contributed by atoms with Crippen LogP contribution < -0.4 is 4.72 Å². The lowest BCUT2D eigenvalue weighted by Crippen LogP contribution is -2.33. The molecule has 0 heterocycles. The molecule has 1 amide bonds. The van der Waals surface area contributed by atoms with Crippen LogP contribution >= 0.6 is 0 Å². The molecule has 5 nitrogen and oxygen atoms in total. The second-order valence-electron chi connectivity index (χ2n) is 6.92. The van der Waals surface area contributed by atoms with Crippen LogP contribution in [0.5, 0.6) is 0 Å². The summed E-state index contributed by atoms with van der Waals surface area (Å²) in [5, 5.41) is 0. The molecular weight excluding hydrogens is 367 g/mol. The number of hydrogen-bond donors (Lipinski definition) is 1. The number of halogens is 1. The third-order valence-corrected chi connectivity index (χ3v) is 6.24. The summed E-state index contributed by atoms with van der Waals surface area (Å²) >= 11 is 0. The zero-order valence-electron chi connectivity index (χ0n) is 15.2. The normalized spacial score (nSPS) is 15.0. The molecule has 0 saturated heterocycles. The highest BCUT2D eigenvalue weighted by molar-refractivity contribution is 7.89. The highest BCUT2D eigenvalue weighted by atomic mass is 32.2. The number of sulfonamides is 1. The lowest BCUT2D eigenvalue weighted by atomic mass is 10.1. The average Bonchev–Trinajstić information content (AvgIpc) is 3.13. The second kappa shape index (κ2) is 8.19. The van der Waals surface area contributed by atoms with E-state index in [4.69, 9.17) is 0 Å². The third kappa shape index (κ3) is 4.93. The Morgan fingerprint density at radius 2 is 1.85 bits per heavy atom. The van der Waals surface area contributed by atoms with Gasteiger partial charge in [-0.05, 0) is 48.7 Å². The summed E-state index contributed by atoms with van der Waals surface area (Å²) in [6.45, 7) is 0.230. The van der Waals surface area contributed by atoms with Gasteiger partial charge in [-0.1, -0.05) is 31.0 Å². The first kappa shape index (κ1) is 19.5. The third-order valence-electron chi connectivity index (χ3n) is 4.72. The maximum atomic E-state index is 13.3. The lowest BCUT2D eigenvalue weighted by molar-refractivity contribution is 0.0784. The Bertz CT molecular complexity index is 924. The standard InChI is InChI=1S/C20H23FN2O3S/c1-23(14-15-6-4-8-17(21)12-15)20(24)16-7-5-11-19(13-16)27(25,26)22-18-9-2-3-10-18/h4-8,11-13,18,22H,2-3,9-10,14H2,1H3. The van der Waals surface area contributed by atoms with Crippen molar-refractivity contribution in [3.63, 3.8) is 0 Å². The van der Waals surface area contributed by atoms with E-state index < -0.39 is 10.0 Å². The van der Waals surface area contributed by atoms with Crippen LogP contribution in [-0.2, 0) is 16.6 Å². The zero-order chi connectivity index (χ0) is 19.4. The number of hydrogen-bond acceptors (Lipinski definition) is 3. The van der Waals surface area contributed by atoms with E-state index in [0.717, 1.165) is 25.7 Å². The molecule has 0 radical (unpaired) electrons. The van der Waals surface area contributed by atoms with Crippen molar-refractivity contribution in [1.29, 1.82) is 0 Å². The Balaban J connectivity index is 1.74. The molecule has 7 heteroatoms. The van der Waals surface area contributed by atoms with Crippen molar-refractivity contribution in [2.75, 3.05) is 7.05 Å². The van der Waals surface area contributed by atoms with Gasteiger partial charge in [0.15, 0.2) is 0 Å². The van der Waals surface area contributed by atoms with Gasteiger partial charge >= 0.3 is 0 Å². The highest BCUT2D eigenvalue weighted by Gasteiger charge is 2.24. The van der Waals surface area contributed by atoms with E-state index in [1.807, 2.05) is 0 Å². The molecule has 0 aromatic heterocycles. The van der Waals surface area contributed by atoms with Crippen molar-refractivity contribution in [2.45, 2.75) is 43.2 Å². The maximum Gasteiger partial charge on any atom is 0.253 e. The van der Waals surface area contributed by atoms with Crippen LogP contribution in [0.2, 0.25) is 0 Å². The van der Waals surface area contributed by atoms with Crippen LogP contribution in [-0.4, -0.2) is 32.3 Å². The van der Waals surface area contributed by atoms with E-state index >= 15 is 0 Å². The largest absolute Gasteiger partial charge is 0.337 e. The molecule has 1 fully saturated rings. The van der Waals surface area contributed by atoms with Gasteiger partial charge in [-0.15, -0.1) is 0 Å². The minimum atomic E-state index is -3.66. The van der Waals surface area contributed by atoms with E-state index in [-0.39, 0.29) is 34.8 Å². The predicted molar refractivity (Wildman–Crippen MR) is 101 cm³/mol. The topological polar surface area (TPSA) is 66.5 Å². The first-order valence-corrected chi connectivity index (χ1v) is 10.5. The smallest absolute Gasteiger partial charge is 0.253 e. The van der Waals surface area contributed by atoms with E-state index in [2.05, 4.69) is 4.72 Å². The Labute approximate surface area is 159 Å². The van der Waals surface area contributed by atoms with Gasteiger partial charge in [0, 0.05) is 25.2 Å². The van der Waals surface area contributed by atoms with Crippen LogP contribution in [0.4, 0.5) is 4.39 Å². The Kier molecular flexibility index (Phi) is 5.92. The van der Waals surface area contributed by atoms with Crippen LogP contribution in [0.15, 0.2) is 53.4 Å². The van der Waals surface area contributed by atoms with Gasteiger partial charge in [0.1, 0.15) is 5.82 Å². The molecule has 0 unspecified atom stereocenters. The predicted octanol–water partition coefficient (Wildman–Crippen LogP) is 3.32. The lowest BCUT2D eigenvalue weighted by Gasteiger charge is -2.18. The number of benzene rings is 2. The van der Waals surface area contributed by atoms with Crippen molar-refractivity contribution >= 4 is 15.9 Å². The summed E-state index contributed by atoms with van der Waals surface area (Å²) in [5.41, 5.74) is 0.945. The van der Waals surface area contributed by atoms with Crippen LogP contribution in [0.25, 0.3) is 0 Å². The number of rotatable bonds is 6. The molecule has 27 heavy (non-hydrogen) atoms. The molecule has 0 aliphatic heterocycles. The number of carbonyl (C=O) groups is 1. The molecule has 1 N–H and O–H groups in total. The number of nitrogens with one attached hydrogen (secondary N) is 1. The Morgan fingerprint density at radius 3 is 2.56 bits per heavy atom. The molecular formula is C20H23FN2O3S. The Hall–Kier alpha value is -2.25. The van der Waals surface area contributed by atoms with Gasteiger partial charge in [-0.25, -0.2) is 17.5 Å². The molecule has 2 aromatic carbocycles. The average molecular weight is 390 g/mol. The number of carbonyl (C=O) groups excluding carboxylic acids is 1. The van der Waals surface area contributed by atoms with Crippen molar-refractivity contribution in [3.05, 3.63) is 65.5 Å². The maximum absolute atomic E-state index is 13.3. The van der Waals surface area contributed by atoms with Crippen molar-refractivity contribution < 1.29 is 17.6 Å². The van der Waals surface area contributed by atoms with Gasteiger partial charge in [0.05, 0.1) is 4.90 Å². The number of amides is 1. The van der Waals surface area contributed by atoms with Crippen molar-refractivity contribution in [1.82, 2.24) is 9.62 Å². The molecule has 144 valence electrons. The quantitative estimate of drug-likeness (QED) is 0.823. The second-order valence-corrected chi connectivity index (χ2v) is 8.64. The first-order valence-electron chi connectivity index (χ1n) is 8.97. The summed E-state index contributed by atoms with van der Waals surface area (Å²) < 4.78 is 41.2. The minimum Gasteiger partial charge on any atom is -0.337 e. The summed E-state index contributed by atoms with van der Waals surface area (Å²) in [7, 11) is -2.06. The molecule has 1 aliphatic carbocycles. The summed E-state index contributed by atoms with van der Waals surface area (Å²) in [5.74, 6) is -0.684. The minimum absolute atomic E-state index is 0.0370. The van der Waals surface area contributed by atoms with Gasteiger partial charge in [-0.2, -0.15) is 0 Å². The van der Waals surface area contributed by atoms with Crippen LogP contribution in [0, 0.1) is 5.82 Å².